The largest absolute Gasteiger partial charge is 0.311 e. The molecule has 0 heterocycles. The SMILES string of the molecule is CCCC(CC)NC1CC(c2ccc(C)cc2)C1. The van der Waals surface area contributed by atoms with E-state index in [1.165, 1.54) is 43.2 Å². The van der Waals surface area contributed by atoms with Crippen LogP contribution in [0.15, 0.2) is 24.3 Å². The molecule has 0 saturated heterocycles. The monoisotopic (exact) mass is 245 g/mol. The van der Waals surface area contributed by atoms with Crippen molar-refractivity contribution in [3.63, 3.8) is 0 Å². The van der Waals surface area contributed by atoms with Crippen molar-refractivity contribution in [3.05, 3.63) is 35.4 Å². The van der Waals surface area contributed by atoms with Gasteiger partial charge in [0.2, 0.25) is 0 Å². The number of aryl methyl sites for hydroxylation is 1. The molecule has 0 aliphatic heterocycles. The first-order chi connectivity index (χ1) is 8.72. The van der Waals surface area contributed by atoms with E-state index in [0.717, 1.165) is 18.0 Å². The molecule has 1 fully saturated rings. The molecule has 1 aliphatic carbocycles. The first-order valence-electron chi connectivity index (χ1n) is 7.55. The zero-order valence-electron chi connectivity index (χ0n) is 12.1. The van der Waals surface area contributed by atoms with Gasteiger partial charge in [0.05, 0.1) is 0 Å². The lowest BCUT2D eigenvalue weighted by Gasteiger charge is -2.38. The van der Waals surface area contributed by atoms with Gasteiger partial charge in [-0.15, -0.1) is 0 Å². The molecule has 1 atom stereocenters. The lowest BCUT2D eigenvalue weighted by atomic mass is 9.75. The molecule has 0 amide bonds. The van der Waals surface area contributed by atoms with Crippen molar-refractivity contribution in [2.75, 3.05) is 0 Å². The van der Waals surface area contributed by atoms with Crippen molar-refractivity contribution in [1.29, 1.82) is 0 Å². The van der Waals surface area contributed by atoms with Crippen molar-refractivity contribution in [1.82, 2.24) is 5.32 Å². The van der Waals surface area contributed by atoms with Gasteiger partial charge in [-0.1, -0.05) is 50.1 Å². The van der Waals surface area contributed by atoms with Crippen LogP contribution in [0.3, 0.4) is 0 Å². The van der Waals surface area contributed by atoms with Gasteiger partial charge < -0.3 is 5.32 Å². The quantitative estimate of drug-likeness (QED) is 0.783. The van der Waals surface area contributed by atoms with Gasteiger partial charge in [0.25, 0.3) is 0 Å². The molecular formula is C17H27N. The Labute approximate surface area is 112 Å². The molecular weight excluding hydrogens is 218 g/mol. The Hall–Kier alpha value is -0.820. The molecule has 0 radical (unpaired) electrons. The zero-order valence-corrected chi connectivity index (χ0v) is 12.1. The lowest BCUT2D eigenvalue weighted by molar-refractivity contribution is 0.255. The fourth-order valence-corrected chi connectivity index (χ4v) is 2.95. The standard InChI is InChI=1S/C17H27N/c1-4-6-16(5-2)18-17-11-15(12-17)14-9-7-13(3)8-10-14/h7-10,15-18H,4-6,11-12H2,1-3H3. The van der Waals surface area contributed by atoms with E-state index in [-0.39, 0.29) is 0 Å². The Kier molecular flexibility index (Phi) is 4.82. The molecule has 1 aromatic rings. The minimum absolute atomic E-state index is 0.735. The highest BCUT2D eigenvalue weighted by molar-refractivity contribution is 5.26. The third-order valence-electron chi connectivity index (χ3n) is 4.29. The zero-order chi connectivity index (χ0) is 13.0. The Morgan fingerprint density at radius 1 is 1.17 bits per heavy atom. The second-order valence-electron chi connectivity index (χ2n) is 5.84. The second-order valence-corrected chi connectivity index (χ2v) is 5.84. The van der Waals surface area contributed by atoms with Gasteiger partial charge in [0.1, 0.15) is 0 Å². The predicted molar refractivity (Wildman–Crippen MR) is 79.1 cm³/mol. The molecule has 1 aromatic carbocycles. The summed E-state index contributed by atoms with van der Waals surface area (Å²) in [5.74, 6) is 0.794. The Bertz CT molecular complexity index is 348. The first kappa shape index (κ1) is 13.6. The highest BCUT2D eigenvalue weighted by Crippen LogP contribution is 2.37. The van der Waals surface area contributed by atoms with Crippen LogP contribution in [0.5, 0.6) is 0 Å². The van der Waals surface area contributed by atoms with Crippen LogP contribution in [0.4, 0.5) is 0 Å². The Balaban J connectivity index is 1.78. The molecule has 0 aromatic heterocycles. The predicted octanol–water partition coefficient (Wildman–Crippen LogP) is 4.41. The summed E-state index contributed by atoms with van der Waals surface area (Å²) >= 11 is 0. The Morgan fingerprint density at radius 2 is 1.83 bits per heavy atom. The fourth-order valence-electron chi connectivity index (χ4n) is 2.95. The molecule has 2 rings (SSSR count). The summed E-state index contributed by atoms with van der Waals surface area (Å²) in [6, 6.07) is 10.6. The van der Waals surface area contributed by atoms with Crippen LogP contribution in [-0.4, -0.2) is 12.1 Å². The van der Waals surface area contributed by atoms with Gasteiger partial charge >= 0.3 is 0 Å². The van der Waals surface area contributed by atoms with E-state index in [1.54, 1.807) is 0 Å². The van der Waals surface area contributed by atoms with Gasteiger partial charge in [0.15, 0.2) is 0 Å². The lowest BCUT2D eigenvalue weighted by Crippen LogP contribution is -2.45. The summed E-state index contributed by atoms with van der Waals surface area (Å²) in [5.41, 5.74) is 2.89. The van der Waals surface area contributed by atoms with Gasteiger partial charge in [-0.3, -0.25) is 0 Å². The van der Waals surface area contributed by atoms with E-state index in [2.05, 4.69) is 50.4 Å². The maximum Gasteiger partial charge on any atom is 0.00813 e. The number of rotatable bonds is 6. The van der Waals surface area contributed by atoms with Crippen molar-refractivity contribution in [2.24, 2.45) is 0 Å². The van der Waals surface area contributed by atoms with Crippen LogP contribution in [0, 0.1) is 6.92 Å². The first-order valence-corrected chi connectivity index (χ1v) is 7.55. The summed E-state index contributed by atoms with van der Waals surface area (Å²) in [6.45, 7) is 6.73. The van der Waals surface area contributed by atoms with Crippen LogP contribution < -0.4 is 5.32 Å². The Morgan fingerprint density at radius 3 is 2.39 bits per heavy atom. The summed E-state index contributed by atoms with van der Waals surface area (Å²) in [6.07, 6.45) is 6.52. The topological polar surface area (TPSA) is 12.0 Å². The van der Waals surface area contributed by atoms with Crippen LogP contribution >= 0.6 is 0 Å². The van der Waals surface area contributed by atoms with E-state index in [1.807, 2.05) is 0 Å². The minimum Gasteiger partial charge on any atom is -0.311 e. The third-order valence-corrected chi connectivity index (χ3v) is 4.29. The molecule has 1 aliphatic rings. The van der Waals surface area contributed by atoms with E-state index in [0.29, 0.717) is 0 Å². The van der Waals surface area contributed by atoms with Crippen LogP contribution in [0.25, 0.3) is 0 Å². The van der Waals surface area contributed by atoms with Crippen molar-refractivity contribution >= 4 is 0 Å². The molecule has 1 unspecified atom stereocenters. The average Bonchev–Trinajstić information content (AvgIpc) is 2.33. The fraction of sp³-hybridized carbons (Fsp3) is 0.647. The van der Waals surface area contributed by atoms with E-state index >= 15 is 0 Å². The van der Waals surface area contributed by atoms with Crippen molar-refractivity contribution < 1.29 is 0 Å². The van der Waals surface area contributed by atoms with Crippen LogP contribution in [0.2, 0.25) is 0 Å². The molecule has 0 spiro atoms. The van der Waals surface area contributed by atoms with E-state index in [4.69, 9.17) is 0 Å². The molecule has 1 nitrogen and oxygen atoms in total. The highest BCUT2D eigenvalue weighted by atomic mass is 15.0. The normalized spacial score (nSPS) is 24.6. The van der Waals surface area contributed by atoms with Gasteiger partial charge in [-0.25, -0.2) is 0 Å². The highest BCUT2D eigenvalue weighted by Gasteiger charge is 2.30. The third kappa shape index (κ3) is 3.35. The van der Waals surface area contributed by atoms with Crippen LogP contribution in [-0.2, 0) is 0 Å². The number of benzene rings is 1. The molecule has 1 saturated carbocycles. The molecule has 1 N–H and O–H groups in total. The average molecular weight is 245 g/mol. The summed E-state index contributed by atoms with van der Waals surface area (Å²) in [5, 5.41) is 3.82. The summed E-state index contributed by atoms with van der Waals surface area (Å²) in [7, 11) is 0. The number of hydrogen-bond donors (Lipinski definition) is 1. The molecule has 0 bridgehead atoms. The smallest absolute Gasteiger partial charge is 0.00813 e. The second kappa shape index (κ2) is 6.38. The van der Waals surface area contributed by atoms with Crippen molar-refractivity contribution in [2.45, 2.75) is 70.9 Å². The van der Waals surface area contributed by atoms with Gasteiger partial charge in [-0.05, 0) is 44.1 Å². The van der Waals surface area contributed by atoms with Gasteiger partial charge in [-0.2, -0.15) is 0 Å². The van der Waals surface area contributed by atoms with Crippen LogP contribution in [0.1, 0.15) is 63.0 Å². The maximum absolute atomic E-state index is 3.82. The summed E-state index contributed by atoms with van der Waals surface area (Å²) < 4.78 is 0. The van der Waals surface area contributed by atoms with E-state index in [9.17, 15) is 0 Å². The summed E-state index contributed by atoms with van der Waals surface area (Å²) in [4.78, 5) is 0. The van der Waals surface area contributed by atoms with Crippen molar-refractivity contribution in [3.8, 4) is 0 Å². The molecule has 100 valence electrons. The van der Waals surface area contributed by atoms with E-state index < -0.39 is 0 Å². The molecule has 18 heavy (non-hydrogen) atoms. The number of nitrogens with one attached hydrogen (secondary N) is 1. The minimum atomic E-state index is 0.735. The molecule has 1 heteroatoms. The maximum atomic E-state index is 3.82. The van der Waals surface area contributed by atoms with Gasteiger partial charge in [0, 0.05) is 12.1 Å². The number of hydrogen-bond acceptors (Lipinski definition) is 1.